The zero-order valence-corrected chi connectivity index (χ0v) is 17.1. The second kappa shape index (κ2) is 8.46. The average molecular weight is 423 g/mol. The number of benzene rings is 2. The molecule has 1 fully saturated rings. The average Bonchev–Trinajstić information content (AvgIpc) is 3.25. The number of anilines is 2. The molecule has 3 aromatic rings. The van der Waals surface area contributed by atoms with E-state index in [0.717, 1.165) is 17.1 Å². The highest BCUT2D eigenvalue weighted by molar-refractivity contribution is 7.80. The third-order valence-corrected chi connectivity index (χ3v) is 5.10. The summed E-state index contributed by atoms with van der Waals surface area (Å²) in [6, 6.07) is 16.4. The lowest BCUT2D eigenvalue weighted by Gasteiger charge is -2.41. The summed E-state index contributed by atoms with van der Waals surface area (Å²) >= 11 is 5.31. The molecule has 0 amide bonds. The molecule has 0 bridgehead atoms. The van der Waals surface area contributed by atoms with Gasteiger partial charge in [-0.2, -0.15) is 0 Å². The van der Waals surface area contributed by atoms with Crippen LogP contribution in [0.2, 0.25) is 0 Å². The second-order valence-corrected chi connectivity index (χ2v) is 7.23. The quantitative estimate of drug-likeness (QED) is 0.584. The van der Waals surface area contributed by atoms with Crippen molar-refractivity contribution in [3.63, 3.8) is 0 Å². The fraction of sp³-hybridized carbons (Fsp3) is 0.182. The molecule has 1 aromatic heterocycles. The summed E-state index contributed by atoms with van der Waals surface area (Å²) in [6.07, 6.45) is 3.61. The Hall–Kier alpha value is -3.52. The SMILES string of the molecule is COc1ccc(NC(=S)OC2CN(c3cccc(C(=O)O)c3-n3cccc3)C2)cc1. The molecule has 0 unspecified atom stereocenters. The molecular weight excluding hydrogens is 402 g/mol. The Bertz CT molecular complexity index is 1040. The van der Waals surface area contributed by atoms with Gasteiger partial charge in [-0.05, 0) is 60.7 Å². The Morgan fingerprint density at radius 3 is 2.43 bits per heavy atom. The number of hydrogen-bond acceptors (Lipinski definition) is 5. The van der Waals surface area contributed by atoms with Gasteiger partial charge in [0.05, 0.1) is 37.1 Å². The first kappa shape index (κ1) is 19.8. The van der Waals surface area contributed by atoms with Gasteiger partial charge in [0.15, 0.2) is 0 Å². The van der Waals surface area contributed by atoms with Crippen LogP contribution in [0.25, 0.3) is 5.69 Å². The number of aromatic carboxylic acids is 1. The monoisotopic (exact) mass is 423 g/mol. The standard InChI is InChI=1S/C22H21N3O4S/c1-28-16-9-7-15(8-10-16)23-22(30)29-17-13-25(14-17)19-6-4-5-18(21(26)27)20(19)24-11-2-3-12-24/h2-12,17H,13-14H2,1H3,(H,23,30)(H,26,27). The van der Waals surface area contributed by atoms with Crippen molar-refractivity contribution in [1.82, 2.24) is 4.57 Å². The van der Waals surface area contributed by atoms with E-state index in [0.29, 0.717) is 24.0 Å². The van der Waals surface area contributed by atoms with Crippen LogP contribution in [-0.4, -0.2) is 47.1 Å². The molecule has 0 atom stereocenters. The Morgan fingerprint density at radius 2 is 1.80 bits per heavy atom. The van der Waals surface area contributed by atoms with E-state index in [4.69, 9.17) is 21.7 Å². The molecule has 0 radical (unpaired) electrons. The first-order valence-electron chi connectivity index (χ1n) is 9.41. The normalized spacial score (nSPS) is 13.4. The van der Waals surface area contributed by atoms with Gasteiger partial charge in [0.1, 0.15) is 11.9 Å². The van der Waals surface area contributed by atoms with Crippen molar-refractivity contribution in [2.75, 3.05) is 30.4 Å². The van der Waals surface area contributed by atoms with Crippen LogP contribution in [0, 0.1) is 0 Å². The number of rotatable bonds is 6. The number of ether oxygens (including phenoxy) is 2. The van der Waals surface area contributed by atoms with E-state index < -0.39 is 5.97 Å². The summed E-state index contributed by atoms with van der Waals surface area (Å²) in [5.41, 5.74) is 2.57. The van der Waals surface area contributed by atoms with Gasteiger partial charge >= 0.3 is 5.97 Å². The summed E-state index contributed by atoms with van der Waals surface area (Å²) in [5.74, 6) is -0.192. The zero-order chi connectivity index (χ0) is 21.1. The van der Waals surface area contributed by atoms with E-state index in [1.165, 1.54) is 0 Å². The number of nitrogens with one attached hydrogen (secondary N) is 1. The lowest BCUT2D eigenvalue weighted by Crippen LogP contribution is -2.53. The first-order valence-corrected chi connectivity index (χ1v) is 9.82. The fourth-order valence-electron chi connectivity index (χ4n) is 3.40. The minimum atomic E-state index is -0.959. The molecular formula is C22H21N3O4S. The number of thiocarbonyl (C=S) groups is 1. The van der Waals surface area contributed by atoms with Crippen molar-refractivity contribution in [3.05, 3.63) is 72.6 Å². The molecule has 0 aliphatic carbocycles. The van der Waals surface area contributed by atoms with E-state index in [1.807, 2.05) is 59.4 Å². The van der Waals surface area contributed by atoms with E-state index in [1.54, 1.807) is 19.2 Å². The molecule has 1 saturated heterocycles. The summed E-state index contributed by atoms with van der Waals surface area (Å²) in [7, 11) is 1.62. The lowest BCUT2D eigenvalue weighted by atomic mass is 10.1. The highest BCUT2D eigenvalue weighted by Gasteiger charge is 2.32. The maximum Gasteiger partial charge on any atom is 0.337 e. The molecule has 2 heterocycles. The minimum Gasteiger partial charge on any atom is -0.497 e. The summed E-state index contributed by atoms with van der Waals surface area (Å²) in [6.45, 7) is 1.23. The summed E-state index contributed by atoms with van der Waals surface area (Å²) in [5, 5.41) is 13.0. The van der Waals surface area contributed by atoms with Crippen LogP contribution in [-0.2, 0) is 4.74 Å². The maximum absolute atomic E-state index is 11.7. The van der Waals surface area contributed by atoms with Gasteiger partial charge in [0.25, 0.3) is 5.17 Å². The first-order chi connectivity index (χ1) is 14.5. The number of carbonyl (C=O) groups is 1. The van der Waals surface area contributed by atoms with Gasteiger partial charge in [-0.1, -0.05) is 6.07 Å². The van der Waals surface area contributed by atoms with Crippen LogP contribution in [0.1, 0.15) is 10.4 Å². The van der Waals surface area contributed by atoms with Crippen molar-refractivity contribution in [2.45, 2.75) is 6.10 Å². The molecule has 8 heteroatoms. The number of carboxylic acids is 1. The van der Waals surface area contributed by atoms with Crippen LogP contribution in [0.3, 0.4) is 0 Å². The smallest absolute Gasteiger partial charge is 0.337 e. The van der Waals surface area contributed by atoms with Gasteiger partial charge in [0.2, 0.25) is 0 Å². The minimum absolute atomic E-state index is 0.0748. The van der Waals surface area contributed by atoms with Crippen molar-refractivity contribution in [1.29, 1.82) is 0 Å². The number of nitrogens with zero attached hydrogens (tertiary/aromatic N) is 2. The second-order valence-electron chi connectivity index (χ2n) is 6.85. The summed E-state index contributed by atoms with van der Waals surface area (Å²) in [4.78, 5) is 13.8. The molecule has 7 nitrogen and oxygen atoms in total. The Kier molecular flexibility index (Phi) is 5.58. The molecule has 4 rings (SSSR count). The molecule has 0 saturated carbocycles. The van der Waals surface area contributed by atoms with Crippen molar-refractivity contribution >= 4 is 34.7 Å². The van der Waals surface area contributed by atoms with Gasteiger partial charge < -0.3 is 29.4 Å². The Morgan fingerprint density at radius 1 is 1.10 bits per heavy atom. The van der Waals surface area contributed by atoms with Gasteiger partial charge in [-0.15, -0.1) is 0 Å². The van der Waals surface area contributed by atoms with Crippen LogP contribution < -0.4 is 15.0 Å². The molecule has 1 aliphatic heterocycles. The lowest BCUT2D eigenvalue weighted by molar-refractivity contribution is 0.0697. The maximum atomic E-state index is 11.7. The zero-order valence-electron chi connectivity index (χ0n) is 16.3. The van der Waals surface area contributed by atoms with E-state index in [2.05, 4.69) is 10.2 Å². The largest absolute Gasteiger partial charge is 0.497 e. The topological polar surface area (TPSA) is 76.0 Å². The number of hydrogen-bond donors (Lipinski definition) is 2. The fourth-order valence-corrected chi connectivity index (χ4v) is 3.65. The molecule has 0 spiro atoms. The third-order valence-electron chi connectivity index (χ3n) is 4.91. The Labute approximate surface area is 179 Å². The number of aromatic nitrogens is 1. The van der Waals surface area contributed by atoms with Gasteiger partial charge in [-0.25, -0.2) is 4.79 Å². The molecule has 2 aromatic carbocycles. The highest BCUT2D eigenvalue weighted by Crippen LogP contribution is 2.32. The van der Waals surface area contributed by atoms with E-state index >= 15 is 0 Å². The Balaban J connectivity index is 1.41. The van der Waals surface area contributed by atoms with Crippen molar-refractivity contribution in [2.24, 2.45) is 0 Å². The van der Waals surface area contributed by atoms with Crippen LogP contribution >= 0.6 is 12.2 Å². The van der Waals surface area contributed by atoms with Gasteiger partial charge in [-0.3, -0.25) is 0 Å². The van der Waals surface area contributed by atoms with E-state index in [9.17, 15) is 9.90 Å². The van der Waals surface area contributed by atoms with Crippen molar-refractivity contribution in [3.8, 4) is 11.4 Å². The van der Waals surface area contributed by atoms with Crippen LogP contribution in [0.4, 0.5) is 11.4 Å². The molecule has 1 aliphatic rings. The molecule has 154 valence electrons. The van der Waals surface area contributed by atoms with Crippen LogP contribution in [0.15, 0.2) is 67.0 Å². The number of para-hydroxylation sites is 1. The predicted octanol–water partition coefficient (Wildman–Crippen LogP) is 3.79. The summed E-state index contributed by atoms with van der Waals surface area (Å²) < 4.78 is 12.8. The number of carboxylic acid groups (broad SMARTS) is 1. The number of methoxy groups -OCH3 is 1. The third kappa shape index (κ3) is 4.08. The van der Waals surface area contributed by atoms with Gasteiger partial charge in [0, 0.05) is 18.1 Å². The van der Waals surface area contributed by atoms with E-state index in [-0.39, 0.29) is 11.7 Å². The van der Waals surface area contributed by atoms with Crippen molar-refractivity contribution < 1.29 is 19.4 Å². The van der Waals surface area contributed by atoms with Crippen LogP contribution in [0.5, 0.6) is 5.75 Å². The molecule has 2 N–H and O–H groups in total. The molecule has 30 heavy (non-hydrogen) atoms. The highest BCUT2D eigenvalue weighted by atomic mass is 32.1. The predicted molar refractivity (Wildman–Crippen MR) is 119 cm³/mol.